The number of halogens is 4. The molecule has 56 heavy (non-hydrogen) atoms. The van der Waals surface area contributed by atoms with Gasteiger partial charge in [-0.15, -0.1) is 0 Å². The molecule has 2 atom stereocenters. The second-order valence-electron chi connectivity index (χ2n) is 14.7. The number of carbonyl (C=O) groups is 1. The SMILES string of the molecule is CCCCC(CC)Cn1c2ccc(/C(=N\OC(C)O)c3ccccc3OCC(F)(F)C(F)F)cc2c2cc(C(=O)c3c(C)cc(C)cc3C)c3ccccc3c21. The Hall–Kier alpha value is -5.22. The Kier molecular flexibility index (Phi) is 12.2. The van der Waals surface area contributed by atoms with E-state index in [-0.39, 0.29) is 22.8 Å². The number of aliphatic hydroxyl groups is 1. The molecule has 1 aromatic heterocycles. The number of alkyl halides is 4. The Balaban J connectivity index is 1.63. The van der Waals surface area contributed by atoms with Crippen LogP contribution in [-0.4, -0.2) is 46.4 Å². The third kappa shape index (κ3) is 8.17. The van der Waals surface area contributed by atoms with Gasteiger partial charge in [0.2, 0.25) is 6.29 Å². The quantitative estimate of drug-likeness (QED) is 0.0350. The van der Waals surface area contributed by atoms with Crippen LogP contribution >= 0.6 is 0 Å². The summed E-state index contributed by atoms with van der Waals surface area (Å²) in [4.78, 5) is 20.0. The van der Waals surface area contributed by atoms with Crippen LogP contribution in [0, 0.1) is 26.7 Å². The summed E-state index contributed by atoms with van der Waals surface area (Å²) in [5.74, 6) is -4.20. The summed E-state index contributed by atoms with van der Waals surface area (Å²) in [6.07, 6.45) is -1.02. The fourth-order valence-corrected chi connectivity index (χ4v) is 7.75. The van der Waals surface area contributed by atoms with Crippen molar-refractivity contribution in [3.05, 3.63) is 124 Å². The highest BCUT2D eigenvalue weighted by Crippen LogP contribution is 2.40. The number of unbranched alkanes of at least 4 members (excludes halogenated alkanes) is 1. The van der Waals surface area contributed by atoms with E-state index in [1.165, 1.54) is 19.1 Å². The molecule has 1 N–H and O–H groups in total. The van der Waals surface area contributed by atoms with Crippen molar-refractivity contribution in [1.82, 2.24) is 4.57 Å². The lowest BCUT2D eigenvalue weighted by Crippen LogP contribution is -2.34. The Labute approximate surface area is 324 Å². The van der Waals surface area contributed by atoms with Gasteiger partial charge in [0.1, 0.15) is 11.5 Å². The first-order valence-electron chi connectivity index (χ1n) is 19.2. The molecular formula is C46H48F4N2O4. The van der Waals surface area contributed by atoms with Crippen molar-refractivity contribution in [2.75, 3.05) is 6.61 Å². The monoisotopic (exact) mass is 768 g/mol. The van der Waals surface area contributed by atoms with Gasteiger partial charge < -0.3 is 19.2 Å². The number of para-hydroxylation sites is 1. The Morgan fingerprint density at radius 2 is 1.54 bits per heavy atom. The van der Waals surface area contributed by atoms with Crippen LogP contribution in [0.25, 0.3) is 32.6 Å². The molecule has 0 saturated heterocycles. The molecule has 0 aliphatic heterocycles. The largest absolute Gasteiger partial charge is 0.486 e. The third-order valence-electron chi connectivity index (χ3n) is 10.4. The maximum Gasteiger partial charge on any atom is 0.340 e. The molecule has 294 valence electrons. The molecule has 6 nitrogen and oxygen atoms in total. The second-order valence-corrected chi connectivity index (χ2v) is 14.7. The number of benzene rings is 5. The highest BCUT2D eigenvalue weighted by Gasteiger charge is 2.42. The van der Waals surface area contributed by atoms with Crippen LogP contribution in [0.4, 0.5) is 17.6 Å². The van der Waals surface area contributed by atoms with E-state index in [0.717, 1.165) is 81.5 Å². The van der Waals surface area contributed by atoms with Crippen molar-refractivity contribution in [3.8, 4) is 5.75 Å². The number of fused-ring (bicyclic) bond motifs is 5. The maximum atomic E-state index is 14.7. The normalized spacial score (nSPS) is 13.5. The molecule has 0 saturated carbocycles. The fourth-order valence-electron chi connectivity index (χ4n) is 7.75. The van der Waals surface area contributed by atoms with Crippen LogP contribution in [0.15, 0.2) is 90.1 Å². The van der Waals surface area contributed by atoms with Gasteiger partial charge >= 0.3 is 12.3 Å². The number of hydrogen-bond donors (Lipinski definition) is 1. The molecule has 1 heterocycles. The number of aliphatic hydroxyl groups excluding tert-OH is 1. The zero-order chi connectivity index (χ0) is 40.3. The number of hydrogen-bond acceptors (Lipinski definition) is 5. The molecule has 6 aromatic rings. The minimum atomic E-state index is -4.39. The zero-order valence-corrected chi connectivity index (χ0v) is 32.6. The molecule has 0 aliphatic rings. The number of oxime groups is 1. The van der Waals surface area contributed by atoms with Crippen molar-refractivity contribution in [1.29, 1.82) is 0 Å². The average molecular weight is 769 g/mol. The van der Waals surface area contributed by atoms with Gasteiger partial charge in [-0.05, 0) is 80.0 Å². The van der Waals surface area contributed by atoms with Crippen molar-refractivity contribution in [2.45, 2.75) is 92.4 Å². The minimum Gasteiger partial charge on any atom is -0.486 e. The van der Waals surface area contributed by atoms with Crippen LogP contribution in [0.5, 0.6) is 5.75 Å². The standard InChI is InChI=1S/C46H48F4N2O4/c1-7-9-14-31(8-2)25-52-39-20-19-32(42(51-56-30(6)53)35-17-12-13-18-40(35)55-26-46(49,50)45(47)48)23-36(39)37-24-38(33-15-10-11-16-34(33)43(37)52)44(54)41-28(4)21-27(3)22-29(41)5/h10-13,15-24,30-31,45,53H,7-9,14,25-26H2,1-6H3/b51-42+. The van der Waals surface area contributed by atoms with Gasteiger partial charge in [-0.1, -0.05) is 98.4 Å². The summed E-state index contributed by atoms with van der Waals surface area (Å²) in [6.45, 7) is 10.9. The van der Waals surface area contributed by atoms with Crippen LogP contribution < -0.4 is 4.74 Å². The van der Waals surface area contributed by atoms with E-state index in [0.29, 0.717) is 22.6 Å². The lowest BCUT2D eigenvalue weighted by atomic mass is 9.89. The van der Waals surface area contributed by atoms with Gasteiger partial charge in [-0.2, -0.15) is 8.78 Å². The topological polar surface area (TPSA) is 73.1 Å². The smallest absolute Gasteiger partial charge is 0.340 e. The lowest BCUT2D eigenvalue weighted by Gasteiger charge is -2.19. The predicted molar refractivity (Wildman–Crippen MR) is 216 cm³/mol. The molecule has 2 unspecified atom stereocenters. The third-order valence-corrected chi connectivity index (χ3v) is 10.4. The summed E-state index contributed by atoms with van der Waals surface area (Å²) in [7, 11) is 0. The van der Waals surface area contributed by atoms with Crippen molar-refractivity contribution in [3.63, 3.8) is 0 Å². The van der Waals surface area contributed by atoms with E-state index in [1.807, 2.05) is 75.4 Å². The number of ether oxygens (including phenoxy) is 1. The van der Waals surface area contributed by atoms with E-state index in [4.69, 9.17) is 9.57 Å². The van der Waals surface area contributed by atoms with Gasteiger partial charge in [0.25, 0.3) is 0 Å². The Morgan fingerprint density at radius 3 is 2.20 bits per heavy atom. The van der Waals surface area contributed by atoms with E-state index in [2.05, 4.69) is 29.6 Å². The lowest BCUT2D eigenvalue weighted by molar-refractivity contribution is -0.148. The zero-order valence-electron chi connectivity index (χ0n) is 32.6. The molecule has 0 aliphatic carbocycles. The number of rotatable bonds is 16. The molecule has 0 amide bonds. The van der Waals surface area contributed by atoms with Crippen LogP contribution in [0.3, 0.4) is 0 Å². The molecule has 0 bridgehead atoms. The molecule has 5 aromatic carbocycles. The molecule has 0 spiro atoms. The maximum absolute atomic E-state index is 14.7. The summed E-state index contributed by atoms with van der Waals surface area (Å²) in [5, 5.41) is 17.7. The van der Waals surface area contributed by atoms with E-state index in [1.54, 1.807) is 12.1 Å². The van der Waals surface area contributed by atoms with Gasteiger partial charge in [0, 0.05) is 57.4 Å². The van der Waals surface area contributed by atoms with Gasteiger partial charge in [0.05, 0.1) is 5.52 Å². The first-order chi connectivity index (χ1) is 26.7. The highest BCUT2D eigenvalue weighted by atomic mass is 19.3. The van der Waals surface area contributed by atoms with Crippen molar-refractivity contribution < 1.29 is 37.0 Å². The average Bonchev–Trinajstić information content (AvgIpc) is 3.47. The van der Waals surface area contributed by atoms with Gasteiger partial charge in [0.15, 0.2) is 12.4 Å². The molecule has 0 fully saturated rings. The van der Waals surface area contributed by atoms with E-state index in [9.17, 15) is 27.5 Å². The van der Waals surface area contributed by atoms with Gasteiger partial charge in [-0.25, -0.2) is 8.78 Å². The summed E-state index contributed by atoms with van der Waals surface area (Å²) >= 11 is 0. The minimum absolute atomic E-state index is 0.0798. The van der Waals surface area contributed by atoms with E-state index < -0.39 is 25.2 Å². The number of aryl methyl sites for hydroxylation is 3. The molecular weight excluding hydrogens is 721 g/mol. The Morgan fingerprint density at radius 1 is 0.857 bits per heavy atom. The number of ketones is 1. The summed E-state index contributed by atoms with van der Waals surface area (Å²) in [6, 6.07) is 25.8. The fraction of sp³-hybridized carbons (Fsp3) is 0.348. The molecule has 6 rings (SSSR count). The highest BCUT2D eigenvalue weighted by molar-refractivity contribution is 6.27. The van der Waals surface area contributed by atoms with Crippen molar-refractivity contribution >= 4 is 44.1 Å². The molecule has 0 radical (unpaired) electrons. The number of aromatic nitrogens is 1. The second kappa shape index (κ2) is 16.9. The number of nitrogens with zero attached hydrogens (tertiary/aromatic N) is 2. The summed E-state index contributed by atoms with van der Waals surface area (Å²) < 4.78 is 61.9. The van der Waals surface area contributed by atoms with Crippen LogP contribution in [-0.2, 0) is 11.4 Å². The summed E-state index contributed by atoms with van der Waals surface area (Å²) in [5.41, 5.74) is 6.81. The van der Waals surface area contributed by atoms with E-state index >= 15 is 0 Å². The van der Waals surface area contributed by atoms with Crippen molar-refractivity contribution in [2.24, 2.45) is 11.1 Å². The first-order valence-corrected chi connectivity index (χ1v) is 19.2. The predicted octanol–water partition coefficient (Wildman–Crippen LogP) is 11.7. The Bertz CT molecular complexity index is 2390. The first kappa shape index (κ1) is 40.4. The van der Waals surface area contributed by atoms with Crippen LogP contribution in [0.2, 0.25) is 0 Å². The number of carbonyl (C=O) groups excluding carboxylic acids is 1. The van der Waals surface area contributed by atoms with Crippen LogP contribution in [0.1, 0.15) is 90.2 Å². The molecule has 10 heteroatoms. The van der Waals surface area contributed by atoms with Gasteiger partial charge in [-0.3, -0.25) is 4.79 Å².